The van der Waals surface area contributed by atoms with E-state index in [1.807, 2.05) is 0 Å². The molecule has 0 rings (SSSR count). The molecule has 74 heavy (non-hydrogen) atoms. The van der Waals surface area contributed by atoms with Gasteiger partial charge in [0.25, 0.3) is 0 Å². The van der Waals surface area contributed by atoms with Gasteiger partial charge in [-0.15, -0.1) is 0 Å². The summed E-state index contributed by atoms with van der Waals surface area (Å²) in [6.07, 6.45) is 78.6. The summed E-state index contributed by atoms with van der Waals surface area (Å²) in [5, 5.41) is 0. The third-order valence-corrected chi connectivity index (χ3v) is 14.5. The summed E-state index contributed by atoms with van der Waals surface area (Å²) >= 11 is 0. The van der Waals surface area contributed by atoms with Gasteiger partial charge in [-0.1, -0.05) is 281 Å². The molecule has 0 saturated carbocycles. The molecule has 432 valence electrons. The van der Waals surface area contributed by atoms with Gasteiger partial charge in [-0.05, 0) is 96.3 Å². The van der Waals surface area contributed by atoms with Crippen LogP contribution in [0.5, 0.6) is 0 Å². The van der Waals surface area contributed by atoms with Crippen LogP contribution in [0, 0.1) is 0 Å². The van der Waals surface area contributed by atoms with Crippen LogP contribution < -0.4 is 0 Å². The van der Waals surface area contributed by atoms with E-state index < -0.39 is 6.10 Å². The predicted molar refractivity (Wildman–Crippen MR) is 321 cm³/mol. The largest absolute Gasteiger partial charge is 0.462 e. The van der Waals surface area contributed by atoms with Crippen LogP contribution in [0.15, 0.2) is 48.6 Å². The van der Waals surface area contributed by atoms with Gasteiger partial charge in [0.15, 0.2) is 6.10 Å². The molecular formula is C68H124O6. The normalized spacial score (nSPS) is 12.3. The summed E-state index contributed by atoms with van der Waals surface area (Å²) in [5.41, 5.74) is 0. The van der Waals surface area contributed by atoms with Crippen LogP contribution in [-0.4, -0.2) is 37.2 Å². The number of unbranched alkanes of at least 4 members (excludes halogenated alkanes) is 41. The lowest BCUT2D eigenvalue weighted by Crippen LogP contribution is -2.30. The highest BCUT2D eigenvalue weighted by atomic mass is 16.6. The molecule has 6 heteroatoms. The Kier molecular flexibility index (Phi) is 60.7. The van der Waals surface area contributed by atoms with Gasteiger partial charge >= 0.3 is 17.9 Å². The number of allylic oxidation sites excluding steroid dienone is 8. The average Bonchev–Trinajstić information content (AvgIpc) is 3.40. The third-order valence-electron chi connectivity index (χ3n) is 14.5. The summed E-state index contributed by atoms with van der Waals surface area (Å²) in [7, 11) is 0. The maximum absolute atomic E-state index is 12.8. The van der Waals surface area contributed by atoms with E-state index in [2.05, 4.69) is 69.4 Å². The highest BCUT2D eigenvalue weighted by molar-refractivity contribution is 5.71. The molecule has 0 fully saturated rings. The van der Waals surface area contributed by atoms with Crippen molar-refractivity contribution in [2.75, 3.05) is 13.2 Å². The van der Waals surface area contributed by atoms with Gasteiger partial charge in [-0.25, -0.2) is 0 Å². The number of carbonyl (C=O) groups excluding carboxylic acids is 3. The summed E-state index contributed by atoms with van der Waals surface area (Å²) in [4.78, 5) is 38.2. The van der Waals surface area contributed by atoms with E-state index in [-0.39, 0.29) is 31.1 Å². The highest BCUT2D eigenvalue weighted by Gasteiger charge is 2.19. The molecule has 0 radical (unpaired) electrons. The molecule has 0 N–H and O–H groups in total. The van der Waals surface area contributed by atoms with Gasteiger partial charge in [0.1, 0.15) is 13.2 Å². The quantitative estimate of drug-likeness (QED) is 0.0261. The maximum atomic E-state index is 12.8. The minimum absolute atomic E-state index is 0.0756. The Hall–Kier alpha value is -2.63. The molecule has 0 aliphatic heterocycles. The van der Waals surface area contributed by atoms with Crippen molar-refractivity contribution in [3.8, 4) is 0 Å². The van der Waals surface area contributed by atoms with Crippen LogP contribution in [0.3, 0.4) is 0 Å². The van der Waals surface area contributed by atoms with E-state index in [1.165, 1.54) is 231 Å². The van der Waals surface area contributed by atoms with Crippen LogP contribution in [0.4, 0.5) is 0 Å². The number of carbonyl (C=O) groups is 3. The number of hydrogen-bond acceptors (Lipinski definition) is 6. The summed E-state index contributed by atoms with van der Waals surface area (Å²) in [6, 6.07) is 0. The van der Waals surface area contributed by atoms with Crippen LogP contribution in [0.25, 0.3) is 0 Å². The van der Waals surface area contributed by atoms with Gasteiger partial charge in [0.05, 0.1) is 0 Å². The minimum Gasteiger partial charge on any atom is -0.462 e. The smallest absolute Gasteiger partial charge is 0.306 e. The third kappa shape index (κ3) is 60.2. The van der Waals surface area contributed by atoms with Gasteiger partial charge in [-0.3, -0.25) is 14.4 Å². The first-order valence-corrected chi connectivity index (χ1v) is 32.6. The molecule has 0 aromatic carbocycles. The van der Waals surface area contributed by atoms with Crippen LogP contribution >= 0.6 is 0 Å². The lowest BCUT2D eigenvalue weighted by Gasteiger charge is -2.18. The zero-order valence-electron chi connectivity index (χ0n) is 49.6. The van der Waals surface area contributed by atoms with Gasteiger partial charge < -0.3 is 14.2 Å². The molecule has 0 amide bonds. The molecular weight excluding hydrogens is 913 g/mol. The van der Waals surface area contributed by atoms with Gasteiger partial charge in [0, 0.05) is 19.3 Å². The fraction of sp³-hybridized carbons (Fsp3) is 0.838. The molecule has 1 unspecified atom stereocenters. The molecule has 0 aliphatic carbocycles. The van der Waals surface area contributed by atoms with E-state index in [0.717, 1.165) is 77.0 Å². The second kappa shape index (κ2) is 62.9. The molecule has 0 bridgehead atoms. The fourth-order valence-corrected chi connectivity index (χ4v) is 9.57. The molecule has 6 nitrogen and oxygen atoms in total. The lowest BCUT2D eigenvalue weighted by atomic mass is 10.0. The first kappa shape index (κ1) is 71.4. The molecule has 0 aliphatic rings. The fourth-order valence-electron chi connectivity index (χ4n) is 9.57. The van der Waals surface area contributed by atoms with Crippen LogP contribution in [-0.2, 0) is 28.6 Å². The zero-order valence-corrected chi connectivity index (χ0v) is 49.6. The Morgan fingerprint density at radius 3 is 0.797 bits per heavy atom. The average molecular weight is 1040 g/mol. The number of ether oxygens (including phenoxy) is 3. The highest BCUT2D eigenvalue weighted by Crippen LogP contribution is 2.17. The van der Waals surface area contributed by atoms with E-state index in [4.69, 9.17) is 14.2 Å². The van der Waals surface area contributed by atoms with Gasteiger partial charge in [0.2, 0.25) is 0 Å². The number of rotatable bonds is 60. The Labute approximate surface area is 460 Å². The summed E-state index contributed by atoms with van der Waals surface area (Å²) in [6.45, 7) is 6.61. The van der Waals surface area contributed by atoms with Crippen molar-refractivity contribution in [3.05, 3.63) is 48.6 Å². The Balaban J connectivity index is 4.09. The molecule has 0 aromatic rings. The second-order valence-electron chi connectivity index (χ2n) is 22.0. The Bertz CT molecular complexity index is 1280. The second-order valence-corrected chi connectivity index (χ2v) is 22.0. The molecule has 0 spiro atoms. The minimum atomic E-state index is -0.778. The standard InChI is InChI=1S/C68H124O6/c1-4-7-10-13-16-19-22-24-26-27-28-29-30-31-32-33-34-35-36-37-38-39-40-41-42-44-46-49-52-55-58-61-67(70)73-64-65(63-72-66(69)60-57-54-51-48-45-21-18-15-12-9-6-3)74-68(71)62-59-56-53-50-47-43-25-23-20-17-14-11-8-5-2/h15,18,22-25,27-28,65H,4-14,16-17,19-21,26,29-64H2,1-3H3/b18-15-,24-22-,25-23-,28-27-. The van der Waals surface area contributed by atoms with Gasteiger partial charge in [-0.2, -0.15) is 0 Å². The van der Waals surface area contributed by atoms with Crippen molar-refractivity contribution in [2.45, 2.75) is 354 Å². The van der Waals surface area contributed by atoms with E-state index >= 15 is 0 Å². The molecule has 1 atom stereocenters. The van der Waals surface area contributed by atoms with E-state index in [9.17, 15) is 14.4 Å². The van der Waals surface area contributed by atoms with Crippen molar-refractivity contribution < 1.29 is 28.6 Å². The predicted octanol–water partition coefficient (Wildman–Crippen LogP) is 22.2. The van der Waals surface area contributed by atoms with Crippen molar-refractivity contribution in [2.24, 2.45) is 0 Å². The maximum Gasteiger partial charge on any atom is 0.306 e. The van der Waals surface area contributed by atoms with Crippen LogP contribution in [0.2, 0.25) is 0 Å². The Morgan fingerprint density at radius 2 is 0.500 bits per heavy atom. The molecule has 0 heterocycles. The monoisotopic (exact) mass is 1040 g/mol. The molecule has 0 aromatic heterocycles. The summed E-state index contributed by atoms with van der Waals surface area (Å²) in [5.74, 6) is -0.877. The first-order valence-electron chi connectivity index (χ1n) is 32.6. The SMILES string of the molecule is CCCC/C=C\CCCCCCCC(=O)OCC(COC(=O)CCCCCCCCCCCCCCCCCCCCC/C=C\C/C=C\CCCCCCC)OC(=O)CCCCCCC/C=C\CCCCCCC. The van der Waals surface area contributed by atoms with Crippen molar-refractivity contribution in [1.29, 1.82) is 0 Å². The number of esters is 3. The van der Waals surface area contributed by atoms with E-state index in [0.29, 0.717) is 19.3 Å². The zero-order chi connectivity index (χ0) is 53.6. The van der Waals surface area contributed by atoms with E-state index in [1.54, 1.807) is 0 Å². The lowest BCUT2D eigenvalue weighted by molar-refractivity contribution is -0.167. The van der Waals surface area contributed by atoms with Crippen LogP contribution in [0.1, 0.15) is 348 Å². The van der Waals surface area contributed by atoms with Crippen molar-refractivity contribution >= 4 is 17.9 Å². The first-order chi connectivity index (χ1) is 36.5. The van der Waals surface area contributed by atoms with Crippen molar-refractivity contribution in [1.82, 2.24) is 0 Å². The Morgan fingerprint density at radius 1 is 0.270 bits per heavy atom. The topological polar surface area (TPSA) is 78.9 Å². The van der Waals surface area contributed by atoms with Crippen molar-refractivity contribution in [3.63, 3.8) is 0 Å². The summed E-state index contributed by atoms with van der Waals surface area (Å²) < 4.78 is 16.9. The molecule has 0 saturated heterocycles. The number of hydrogen-bond donors (Lipinski definition) is 0.